The molecule has 0 saturated carbocycles. The highest BCUT2D eigenvalue weighted by molar-refractivity contribution is 6.03. The molecule has 2 amide bonds. The summed E-state index contributed by atoms with van der Waals surface area (Å²) in [4.78, 5) is 23.5. The monoisotopic (exact) mass is 318 g/mol. The molecule has 0 aliphatic rings. The van der Waals surface area contributed by atoms with Crippen LogP contribution in [0, 0.1) is 18.6 Å². The summed E-state index contributed by atoms with van der Waals surface area (Å²) >= 11 is 0. The third-order valence-electron chi connectivity index (χ3n) is 3.22. The first-order valence-electron chi connectivity index (χ1n) is 7.02. The molecule has 0 aliphatic carbocycles. The molecule has 0 heterocycles. The number of hydrogen-bond donors (Lipinski definition) is 2. The second kappa shape index (κ2) is 7.49. The van der Waals surface area contributed by atoms with Gasteiger partial charge in [-0.15, -0.1) is 0 Å². The van der Waals surface area contributed by atoms with Gasteiger partial charge in [-0.3, -0.25) is 9.59 Å². The van der Waals surface area contributed by atoms with Gasteiger partial charge in [0.15, 0.2) is 0 Å². The number of aryl methyl sites for hydroxylation is 1. The van der Waals surface area contributed by atoms with Gasteiger partial charge >= 0.3 is 0 Å². The first-order chi connectivity index (χ1) is 11.0. The van der Waals surface area contributed by atoms with Crippen LogP contribution in [0.1, 0.15) is 17.5 Å². The van der Waals surface area contributed by atoms with Gasteiger partial charge in [-0.1, -0.05) is 18.2 Å². The Labute approximate surface area is 132 Å². The fraction of sp³-hybridized carbons (Fsp3) is 0.176. The zero-order chi connectivity index (χ0) is 16.8. The topological polar surface area (TPSA) is 58.2 Å². The number of halogens is 2. The second-order valence-corrected chi connectivity index (χ2v) is 5.05. The Bertz CT molecular complexity index is 732. The molecule has 0 unspecified atom stereocenters. The lowest BCUT2D eigenvalue weighted by Crippen LogP contribution is -2.28. The Hall–Kier alpha value is -2.76. The lowest BCUT2D eigenvalue weighted by Gasteiger charge is -2.09. The van der Waals surface area contributed by atoms with Crippen LogP contribution in [0.3, 0.4) is 0 Å². The van der Waals surface area contributed by atoms with Gasteiger partial charge in [0.1, 0.15) is 18.1 Å². The van der Waals surface area contributed by atoms with Crippen molar-refractivity contribution in [1.82, 2.24) is 5.32 Å². The molecular formula is C17H16F2N2O2. The second-order valence-electron chi connectivity index (χ2n) is 5.05. The van der Waals surface area contributed by atoms with Gasteiger partial charge in [0.25, 0.3) is 0 Å². The number of hydrogen-bond acceptors (Lipinski definition) is 2. The predicted molar refractivity (Wildman–Crippen MR) is 82.6 cm³/mol. The number of para-hydroxylation sites is 1. The summed E-state index contributed by atoms with van der Waals surface area (Å²) in [6.07, 6.45) is -0.398. The van der Waals surface area contributed by atoms with Crippen LogP contribution in [-0.4, -0.2) is 11.8 Å². The summed E-state index contributed by atoms with van der Waals surface area (Å²) < 4.78 is 26.4. The molecule has 23 heavy (non-hydrogen) atoms. The maximum absolute atomic E-state index is 13.4. The molecule has 0 saturated heterocycles. The average molecular weight is 318 g/mol. The molecule has 0 fully saturated rings. The molecule has 120 valence electrons. The molecule has 0 radical (unpaired) electrons. The largest absolute Gasteiger partial charge is 0.351 e. The Balaban J connectivity index is 1.86. The van der Waals surface area contributed by atoms with Gasteiger partial charge in [0.2, 0.25) is 11.8 Å². The van der Waals surface area contributed by atoms with E-state index >= 15 is 0 Å². The van der Waals surface area contributed by atoms with Gasteiger partial charge < -0.3 is 10.6 Å². The normalized spacial score (nSPS) is 10.2. The number of rotatable bonds is 5. The number of benzene rings is 2. The molecule has 0 aliphatic heterocycles. The van der Waals surface area contributed by atoms with Crippen molar-refractivity contribution in [3.63, 3.8) is 0 Å². The highest BCUT2D eigenvalue weighted by Crippen LogP contribution is 2.13. The summed E-state index contributed by atoms with van der Waals surface area (Å²) in [7, 11) is 0. The highest BCUT2D eigenvalue weighted by atomic mass is 19.1. The van der Waals surface area contributed by atoms with E-state index in [-0.39, 0.29) is 12.1 Å². The van der Waals surface area contributed by atoms with Crippen LogP contribution < -0.4 is 10.6 Å². The standard InChI is InChI=1S/C17H16F2N2O2/c1-11-4-2-3-5-15(11)21-17(23)9-16(22)20-10-12-8-13(18)6-7-14(12)19/h2-8H,9-10H2,1H3,(H,20,22)(H,21,23). The van der Waals surface area contributed by atoms with Crippen molar-refractivity contribution < 1.29 is 18.4 Å². The Morgan fingerprint density at radius 2 is 1.78 bits per heavy atom. The molecule has 0 bridgehead atoms. The van der Waals surface area contributed by atoms with Crippen LogP contribution in [-0.2, 0) is 16.1 Å². The number of carbonyl (C=O) groups excluding carboxylic acids is 2. The van der Waals surface area contributed by atoms with Crippen LogP contribution >= 0.6 is 0 Å². The van der Waals surface area contributed by atoms with Crippen molar-refractivity contribution in [3.05, 3.63) is 65.2 Å². The third kappa shape index (κ3) is 4.88. The van der Waals surface area contributed by atoms with Crippen LogP contribution in [0.25, 0.3) is 0 Å². The van der Waals surface area contributed by atoms with Gasteiger partial charge in [0.05, 0.1) is 0 Å². The van der Waals surface area contributed by atoms with E-state index in [2.05, 4.69) is 10.6 Å². The molecule has 4 nitrogen and oxygen atoms in total. The Morgan fingerprint density at radius 1 is 1.04 bits per heavy atom. The van der Waals surface area contributed by atoms with Crippen molar-refractivity contribution in [2.75, 3.05) is 5.32 Å². The smallest absolute Gasteiger partial charge is 0.233 e. The lowest BCUT2D eigenvalue weighted by molar-refractivity contribution is -0.126. The summed E-state index contributed by atoms with van der Waals surface area (Å²) in [5, 5.41) is 5.02. The van der Waals surface area contributed by atoms with E-state index in [0.29, 0.717) is 5.69 Å². The van der Waals surface area contributed by atoms with Gasteiger partial charge in [-0.05, 0) is 36.8 Å². The van der Waals surface area contributed by atoms with E-state index in [0.717, 1.165) is 23.8 Å². The molecule has 2 aromatic rings. The molecule has 0 atom stereocenters. The van der Waals surface area contributed by atoms with Crippen LogP contribution in [0.5, 0.6) is 0 Å². The van der Waals surface area contributed by atoms with E-state index in [1.807, 2.05) is 19.1 Å². The summed E-state index contributed by atoms with van der Waals surface area (Å²) in [5.41, 5.74) is 1.53. The molecule has 0 spiro atoms. The van der Waals surface area contributed by atoms with E-state index in [1.165, 1.54) is 0 Å². The minimum Gasteiger partial charge on any atom is -0.351 e. The number of anilines is 1. The van der Waals surface area contributed by atoms with Crippen molar-refractivity contribution in [3.8, 4) is 0 Å². The average Bonchev–Trinajstić information content (AvgIpc) is 2.50. The maximum atomic E-state index is 13.4. The molecule has 2 aromatic carbocycles. The lowest BCUT2D eigenvalue weighted by atomic mass is 10.2. The van der Waals surface area contributed by atoms with Crippen molar-refractivity contribution in [2.24, 2.45) is 0 Å². The van der Waals surface area contributed by atoms with Crippen LogP contribution in [0.4, 0.5) is 14.5 Å². The fourth-order valence-electron chi connectivity index (χ4n) is 1.99. The zero-order valence-corrected chi connectivity index (χ0v) is 12.5. The zero-order valence-electron chi connectivity index (χ0n) is 12.5. The Morgan fingerprint density at radius 3 is 2.52 bits per heavy atom. The number of carbonyl (C=O) groups is 2. The minimum atomic E-state index is -0.615. The maximum Gasteiger partial charge on any atom is 0.233 e. The molecule has 2 N–H and O–H groups in total. The fourth-order valence-corrected chi connectivity index (χ4v) is 1.99. The summed E-state index contributed by atoms with van der Waals surface area (Å²) in [6, 6.07) is 10.2. The van der Waals surface area contributed by atoms with Gasteiger partial charge in [-0.25, -0.2) is 8.78 Å². The number of nitrogens with one attached hydrogen (secondary N) is 2. The molecule has 2 rings (SSSR count). The quantitative estimate of drug-likeness (QED) is 0.833. The first-order valence-corrected chi connectivity index (χ1v) is 7.02. The van der Waals surface area contributed by atoms with Crippen molar-refractivity contribution in [1.29, 1.82) is 0 Å². The minimum absolute atomic E-state index is 0.0256. The van der Waals surface area contributed by atoms with E-state index in [1.54, 1.807) is 12.1 Å². The van der Waals surface area contributed by atoms with E-state index in [9.17, 15) is 18.4 Å². The summed E-state index contributed by atoms with van der Waals surface area (Å²) in [6.45, 7) is 1.66. The molecule has 0 aromatic heterocycles. The Kier molecular flexibility index (Phi) is 5.41. The third-order valence-corrected chi connectivity index (χ3v) is 3.22. The highest BCUT2D eigenvalue weighted by Gasteiger charge is 2.11. The molecule has 6 heteroatoms. The SMILES string of the molecule is Cc1ccccc1NC(=O)CC(=O)NCc1cc(F)ccc1F. The predicted octanol–water partition coefficient (Wildman–Crippen LogP) is 2.92. The van der Waals surface area contributed by atoms with Gasteiger partial charge in [-0.2, -0.15) is 0 Å². The van der Waals surface area contributed by atoms with Crippen molar-refractivity contribution >= 4 is 17.5 Å². The number of amides is 2. The first kappa shape index (κ1) is 16.6. The van der Waals surface area contributed by atoms with Crippen LogP contribution in [0.2, 0.25) is 0 Å². The van der Waals surface area contributed by atoms with Crippen molar-refractivity contribution in [2.45, 2.75) is 19.9 Å². The van der Waals surface area contributed by atoms with Crippen LogP contribution in [0.15, 0.2) is 42.5 Å². The summed E-state index contributed by atoms with van der Waals surface area (Å²) in [5.74, 6) is -2.25. The van der Waals surface area contributed by atoms with E-state index < -0.39 is 29.9 Å². The van der Waals surface area contributed by atoms with Gasteiger partial charge in [0, 0.05) is 17.8 Å². The van der Waals surface area contributed by atoms with E-state index in [4.69, 9.17) is 0 Å². The molecular weight excluding hydrogens is 302 g/mol.